The van der Waals surface area contributed by atoms with E-state index in [0.29, 0.717) is 12.4 Å². The van der Waals surface area contributed by atoms with Gasteiger partial charge < -0.3 is 4.90 Å². The highest BCUT2D eigenvalue weighted by atomic mass is 16.6. The van der Waals surface area contributed by atoms with Crippen LogP contribution in [0, 0.1) is 21.4 Å². The van der Waals surface area contributed by atoms with E-state index in [0.717, 1.165) is 0 Å². The molecule has 10 nitrogen and oxygen atoms in total. The van der Waals surface area contributed by atoms with Crippen LogP contribution in [0.3, 0.4) is 0 Å². The molecule has 0 bridgehead atoms. The molecule has 0 saturated heterocycles. The van der Waals surface area contributed by atoms with Crippen LogP contribution < -0.4 is 4.90 Å². The molecule has 0 spiro atoms. The van der Waals surface area contributed by atoms with Gasteiger partial charge in [0, 0.05) is 25.7 Å². The number of H-pyrrole nitrogens is 1. The fraction of sp³-hybridized carbons (Fsp3) is 0.364. The molecule has 0 fully saturated rings. The largest absolute Gasteiger partial charge is 0.353 e. The molecule has 21 heavy (non-hydrogen) atoms. The van der Waals surface area contributed by atoms with Gasteiger partial charge in [0.15, 0.2) is 5.82 Å². The van der Waals surface area contributed by atoms with Crippen molar-refractivity contribution < 1.29 is 4.92 Å². The molecule has 2 aromatic rings. The smallest absolute Gasteiger partial charge is 0.329 e. The normalized spacial score (nSPS) is 11.7. The van der Waals surface area contributed by atoms with Crippen molar-refractivity contribution in [1.82, 2.24) is 25.6 Å². The predicted molar refractivity (Wildman–Crippen MR) is 71.5 cm³/mol. The minimum Gasteiger partial charge on any atom is -0.353 e. The Balaban J connectivity index is 2.29. The van der Waals surface area contributed by atoms with Gasteiger partial charge in [-0.05, 0) is 6.07 Å². The van der Waals surface area contributed by atoms with Crippen LogP contribution in [0.5, 0.6) is 0 Å². The minimum atomic E-state index is -0.601. The summed E-state index contributed by atoms with van der Waals surface area (Å²) in [6.45, 7) is 2.25. The van der Waals surface area contributed by atoms with Crippen LogP contribution in [0.2, 0.25) is 0 Å². The van der Waals surface area contributed by atoms with Crippen molar-refractivity contribution in [3.05, 3.63) is 33.8 Å². The molecule has 1 atom stereocenters. The van der Waals surface area contributed by atoms with E-state index in [1.807, 2.05) is 6.92 Å². The Morgan fingerprint density at radius 3 is 2.95 bits per heavy atom. The first-order valence-electron chi connectivity index (χ1n) is 6.02. The Bertz CT molecular complexity index is 678. The highest BCUT2D eigenvalue weighted by molar-refractivity contribution is 5.65. The zero-order valence-corrected chi connectivity index (χ0v) is 11.4. The number of likely N-dealkylation sites (N-methyl/N-ethyl adjacent to an activating group) is 1. The Kier molecular flexibility index (Phi) is 4.03. The lowest BCUT2D eigenvalue weighted by molar-refractivity contribution is -0.384. The first-order chi connectivity index (χ1) is 10.0. The van der Waals surface area contributed by atoms with Gasteiger partial charge >= 0.3 is 5.69 Å². The van der Waals surface area contributed by atoms with Crippen LogP contribution >= 0.6 is 0 Å². The number of nitriles is 1. The molecule has 0 aromatic carbocycles. The van der Waals surface area contributed by atoms with Crippen molar-refractivity contribution in [2.24, 2.45) is 0 Å². The van der Waals surface area contributed by atoms with Crippen LogP contribution in [0.4, 0.5) is 11.5 Å². The van der Waals surface area contributed by atoms with Gasteiger partial charge in [0.25, 0.3) is 0 Å². The molecular formula is C11H12N8O2. The minimum absolute atomic E-state index is 0.0240. The molecule has 2 heterocycles. The molecule has 1 N–H and O–H groups in total. The van der Waals surface area contributed by atoms with Crippen molar-refractivity contribution in [3.8, 4) is 6.07 Å². The Hall–Kier alpha value is -3.09. The van der Waals surface area contributed by atoms with Crippen molar-refractivity contribution >= 4 is 11.5 Å². The Labute approximate surface area is 119 Å². The first-order valence-corrected chi connectivity index (χ1v) is 6.02. The highest BCUT2D eigenvalue weighted by Gasteiger charge is 2.25. The molecule has 0 saturated carbocycles. The summed E-state index contributed by atoms with van der Waals surface area (Å²) in [5.74, 6) is 0.524. The molecule has 108 valence electrons. The van der Waals surface area contributed by atoms with Gasteiger partial charge in [-0.15, -0.1) is 10.2 Å². The highest BCUT2D eigenvalue weighted by Crippen LogP contribution is 2.29. The van der Waals surface area contributed by atoms with Gasteiger partial charge in [0.2, 0.25) is 5.82 Å². The van der Waals surface area contributed by atoms with Gasteiger partial charge in [-0.25, -0.2) is 4.98 Å². The summed E-state index contributed by atoms with van der Waals surface area (Å²) in [6.07, 6.45) is 1.37. The second kappa shape index (κ2) is 5.91. The standard InChI is InChI=1S/C11H12N8O2/c1-7(10-14-16-17-15-10)6-18(2)11-9(19(20)21)8(5-12)3-4-13-11/h3-4,7H,6H2,1-2H3,(H,14,15,16,17)/t7-/m0/s1. The van der Waals surface area contributed by atoms with Gasteiger partial charge in [-0.2, -0.15) is 10.5 Å². The SMILES string of the molecule is C[C@@H](CN(C)c1nccc(C#N)c1[N+](=O)[O-])c1nn[nH]n1. The number of hydrogen-bond donors (Lipinski definition) is 1. The zero-order chi connectivity index (χ0) is 15.4. The van der Waals surface area contributed by atoms with Crippen LogP contribution in [-0.2, 0) is 0 Å². The summed E-state index contributed by atoms with van der Waals surface area (Å²) in [6, 6.07) is 3.12. The van der Waals surface area contributed by atoms with E-state index < -0.39 is 4.92 Å². The van der Waals surface area contributed by atoms with Crippen molar-refractivity contribution in [3.63, 3.8) is 0 Å². The number of rotatable bonds is 5. The summed E-state index contributed by atoms with van der Waals surface area (Å²) in [4.78, 5) is 16.2. The monoisotopic (exact) mass is 288 g/mol. The lowest BCUT2D eigenvalue weighted by atomic mass is 10.1. The Morgan fingerprint density at radius 1 is 1.62 bits per heavy atom. The number of aromatic nitrogens is 5. The van der Waals surface area contributed by atoms with E-state index in [4.69, 9.17) is 5.26 Å². The zero-order valence-electron chi connectivity index (χ0n) is 11.4. The molecular weight excluding hydrogens is 276 g/mol. The molecule has 0 unspecified atom stereocenters. The maximum absolute atomic E-state index is 11.2. The molecule has 0 aliphatic rings. The molecule has 0 aliphatic heterocycles. The topological polar surface area (TPSA) is 138 Å². The quantitative estimate of drug-likeness (QED) is 0.624. The fourth-order valence-corrected chi connectivity index (χ4v) is 1.95. The van der Waals surface area contributed by atoms with Crippen LogP contribution in [0.15, 0.2) is 12.3 Å². The van der Waals surface area contributed by atoms with E-state index in [1.54, 1.807) is 18.0 Å². The lowest BCUT2D eigenvalue weighted by Crippen LogP contribution is -2.25. The third-order valence-corrected chi connectivity index (χ3v) is 2.92. The summed E-state index contributed by atoms with van der Waals surface area (Å²) in [5.41, 5.74) is -0.327. The van der Waals surface area contributed by atoms with Gasteiger partial charge in [0.05, 0.1) is 4.92 Å². The van der Waals surface area contributed by atoms with Crippen LogP contribution in [0.1, 0.15) is 24.2 Å². The Morgan fingerprint density at radius 2 is 2.38 bits per heavy atom. The lowest BCUT2D eigenvalue weighted by Gasteiger charge is -2.20. The second-order valence-corrected chi connectivity index (χ2v) is 4.45. The summed E-state index contributed by atoms with van der Waals surface area (Å²) >= 11 is 0. The van der Waals surface area contributed by atoms with Crippen LogP contribution in [-0.4, -0.2) is 44.1 Å². The second-order valence-electron chi connectivity index (χ2n) is 4.45. The van der Waals surface area contributed by atoms with E-state index in [-0.39, 0.29) is 23.0 Å². The first kappa shape index (κ1) is 14.3. The van der Waals surface area contributed by atoms with Crippen LogP contribution in [0.25, 0.3) is 0 Å². The third-order valence-electron chi connectivity index (χ3n) is 2.92. The summed E-state index contributed by atoms with van der Waals surface area (Å²) in [5, 5.41) is 33.7. The van der Waals surface area contributed by atoms with Crippen molar-refractivity contribution in [2.45, 2.75) is 12.8 Å². The number of aromatic amines is 1. The van der Waals surface area contributed by atoms with E-state index in [2.05, 4.69) is 25.6 Å². The number of nitrogens with zero attached hydrogens (tertiary/aromatic N) is 7. The van der Waals surface area contributed by atoms with E-state index >= 15 is 0 Å². The van der Waals surface area contributed by atoms with Crippen molar-refractivity contribution in [1.29, 1.82) is 5.26 Å². The molecule has 2 aromatic heterocycles. The number of anilines is 1. The predicted octanol–water partition coefficient (Wildman–Crippen LogP) is 0.614. The summed E-state index contributed by atoms with van der Waals surface area (Å²) in [7, 11) is 1.66. The summed E-state index contributed by atoms with van der Waals surface area (Å²) < 4.78 is 0. The average Bonchev–Trinajstić information content (AvgIpc) is 3.00. The maximum Gasteiger partial charge on any atom is 0.329 e. The number of hydrogen-bond acceptors (Lipinski definition) is 8. The molecule has 0 amide bonds. The van der Waals surface area contributed by atoms with Gasteiger partial charge in [-0.1, -0.05) is 12.1 Å². The molecule has 2 rings (SSSR count). The number of pyridine rings is 1. The number of nitrogens with one attached hydrogen (secondary N) is 1. The number of nitro groups is 1. The van der Waals surface area contributed by atoms with E-state index in [1.165, 1.54) is 12.3 Å². The van der Waals surface area contributed by atoms with E-state index in [9.17, 15) is 10.1 Å². The molecule has 0 aliphatic carbocycles. The fourth-order valence-electron chi connectivity index (χ4n) is 1.95. The third kappa shape index (κ3) is 2.92. The molecule has 0 radical (unpaired) electrons. The van der Waals surface area contributed by atoms with Gasteiger partial charge in [-0.3, -0.25) is 10.1 Å². The number of tetrazole rings is 1. The van der Waals surface area contributed by atoms with Gasteiger partial charge in [0.1, 0.15) is 11.6 Å². The maximum atomic E-state index is 11.2. The molecule has 10 heteroatoms. The average molecular weight is 288 g/mol. The van der Waals surface area contributed by atoms with Crippen molar-refractivity contribution in [2.75, 3.05) is 18.5 Å².